The largest absolute Gasteiger partial charge is 0.550 e. The molecule has 0 saturated carbocycles. The van der Waals surface area contributed by atoms with Gasteiger partial charge in [0.05, 0.1) is 0 Å². The Bertz CT molecular complexity index is 316. The van der Waals surface area contributed by atoms with Gasteiger partial charge in [-0.15, -0.1) is 0 Å². The van der Waals surface area contributed by atoms with E-state index in [2.05, 4.69) is 27.7 Å². The first-order chi connectivity index (χ1) is 10.3. The molecule has 4 heteroatoms. The first-order valence-corrected chi connectivity index (χ1v) is 8.76. The van der Waals surface area contributed by atoms with Crippen molar-refractivity contribution in [2.45, 2.75) is 85.5 Å². The van der Waals surface area contributed by atoms with Crippen LogP contribution < -0.4 is 10.2 Å². The molecule has 0 aromatic rings. The molecule has 0 unspecified atom stereocenters. The average molecular weight is 312 g/mol. The minimum Gasteiger partial charge on any atom is -0.550 e. The van der Waals surface area contributed by atoms with Crippen molar-refractivity contribution in [3.63, 3.8) is 0 Å². The fourth-order valence-electron chi connectivity index (χ4n) is 3.39. The Morgan fingerprint density at radius 3 is 1.55 bits per heavy atom. The van der Waals surface area contributed by atoms with Gasteiger partial charge < -0.3 is 19.8 Å². The summed E-state index contributed by atoms with van der Waals surface area (Å²) in [4.78, 5) is 22.6. The lowest BCUT2D eigenvalue weighted by Crippen LogP contribution is -2.45. The minimum atomic E-state index is -1.11. The molecule has 0 aliphatic carbocycles. The second-order valence-electron chi connectivity index (χ2n) is 6.57. The third-order valence-corrected chi connectivity index (χ3v) is 5.14. The maximum atomic E-state index is 12.0. The zero-order valence-corrected chi connectivity index (χ0v) is 14.7. The van der Waals surface area contributed by atoms with Crippen molar-refractivity contribution in [2.75, 3.05) is 0 Å². The monoisotopic (exact) mass is 312 g/mol. The Kier molecular flexibility index (Phi) is 10.1. The molecule has 0 N–H and O–H groups in total. The van der Waals surface area contributed by atoms with Gasteiger partial charge in [0.2, 0.25) is 0 Å². The lowest BCUT2D eigenvalue weighted by molar-refractivity contribution is -0.322. The highest BCUT2D eigenvalue weighted by atomic mass is 16.4. The molecule has 0 amide bonds. The summed E-state index contributed by atoms with van der Waals surface area (Å²) in [6.45, 7) is 8.30. The molecular weight excluding hydrogens is 280 g/mol. The van der Waals surface area contributed by atoms with Crippen LogP contribution in [0.2, 0.25) is 0 Å². The summed E-state index contributed by atoms with van der Waals surface area (Å²) in [7, 11) is 0. The van der Waals surface area contributed by atoms with Gasteiger partial charge in [-0.25, -0.2) is 0 Å². The molecule has 0 fully saturated rings. The van der Waals surface area contributed by atoms with Gasteiger partial charge in [-0.3, -0.25) is 0 Å². The number of carbonyl (C=O) groups excluding carboxylic acids is 2. The highest BCUT2D eigenvalue weighted by molar-refractivity contribution is 5.72. The zero-order valence-electron chi connectivity index (χ0n) is 14.7. The Morgan fingerprint density at radius 1 is 0.864 bits per heavy atom. The van der Waals surface area contributed by atoms with Gasteiger partial charge in [0, 0.05) is 17.4 Å². The maximum absolute atomic E-state index is 12.0. The molecule has 130 valence electrons. The van der Waals surface area contributed by atoms with Crippen LogP contribution in [-0.4, -0.2) is 11.9 Å². The van der Waals surface area contributed by atoms with Gasteiger partial charge in [-0.1, -0.05) is 53.4 Å². The molecule has 0 bridgehead atoms. The number of hydrogen-bond donors (Lipinski definition) is 0. The summed E-state index contributed by atoms with van der Waals surface area (Å²) < 4.78 is 0. The van der Waals surface area contributed by atoms with Crippen molar-refractivity contribution < 1.29 is 19.8 Å². The summed E-state index contributed by atoms with van der Waals surface area (Å²) in [6.07, 6.45) is 5.57. The van der Waals surface area contributed by atoms with E-state index in [0.717, 1.165) is 25.7 Å². The molecule has 0 aromatic carbocycles. The number of hydrogen-bond acceptors (Lipinski definition) is 4. The normalized spacial score (nSPS) is 12.1. The summed E-state index contributed by atoms with van der Waals surface area (Å²) in [5.41, 5.74) is -0.900. The smallest absolute Gasteiger partial charge is 0.0476 e. The van der Waals surface area contributed by atoms with Crippen LogP contribution in [0.3, 0.4) is 0 Å². The number of carboxylic acids is 2. The molecule has 4 nitrogen and oxygen atoms in total. The molecule has 0 spiro atoms. The van der Waals surface area contributed by atoms with Crippen LogP contribution in [-0.2, 0) is 9.59 Å². The Labute approximate surface area is 135 Å². The highest BCUT2D eigenvalue weighted by Gasteiger charge is 2.35. The zero-order chi connectivity index (χ0) is 17.2. The van der Waals surface area contributed by atoms with E-state index in [1.807, 2.05) is 0 Å². The van der Waals surface area contributed by atoms with Crippen molar-refractivity contribution >= 4 is 11.9 Å². The maximum Gasteiger partial charge on any atom is 0.0476 e. The van der Waals surface area contributed by atoms with Crippen LogP contribution in [0, 0.1) is 17.3 Å². The molecule has 0 heterocycles. The predicted molar refractivity (Wildman–Crippen MR) is 83.7 cm³/mol. The fraction of sp³-hybridized carbons (Fsp3) is 0.889. The number of rotatable bonds is 13. The summed E-state index contributed by atoms with van der Waals surface area (Å²) in [6, 6.07) is 0. The lowest BCUT2D eigenvalue weighted by atomic mass is 9.68. The van der Waals surface area contributed by atoms with Crippen molar-refractivity contribution in [1.82, 2.24) is 0 Å². The van der Waals surface area contributed by atoms with Gasteiger partial charge in [0.25, 0.3) is 0 Å². The first-order valence-electron chi connectivity index (χ1n) is 8.76. The predicted octanol–water partition coefficient (Wildman–Crippen LogP) is 2.30. The number of carboxylic acid groups (broad SMARTS) is 2. The fourth-order valence-corrected chi connectivity index (χ4v) is 3.39. The summed E-state index contributed by atoms with van der Waals surface area (Å²) in [5.74, 6) is -1.44. The first kappa shape index (κ1) is 20.9. The van der Waals surface area contributed by atoms with E-state index in [1.54, 1.807) is 0 Å². The van der Waals surface area contributed by atoms with E-state index in [4.69, 9.17) is 0 Å². The van der Waals surface area contributed by atoms with E-state index < -0.39 is 17.4 Å². The van der Waals surface area contributed by atoms with E-state index in [0.29, 0.717) is 37.5 Å². The van der Waals surface area contributed by atoms with Crippen molar-refractivity contribution in [2.24, 2.45) is 17.3 Å². The van der Waals surface area contributed by atoms with Gasteiger partial charge in [-0.2, -0.15) is 0 Å². The lowest BCUT2D eigenvalue weighted by Gasteiger charge is -2.40. The quantitative estimate of drug-likeness (QED) is 0.522. The van der Waals surface area contributed by atoms with E-state index >= 15 is 0 Å². The van der Waals surface area contributed by atoms with Crippen LogP contribution in [0.15, 0.2) is 0 Å². The van der Waals surface area contributed by atoms with Crippen LogP contribution >= 0.6 is 0 Å². The summed E-state index contributed by atoms with van der Waals surface area (Å²) >= 11 is 0. The van der Waals surface area contributed by atoms with Crippen LogP contribution in [0.1, 0.15) is 85.5 Å². The molecule has 0 rings (SSSR count). The van der Waals surface area contributed by atoms with E-state index in [9.17, 15) is 19.8 Å². The van der Waals surface area contributed by atoms with Crippen molar-refractivity contribution in [1.29, 1.82) is 0 Å². The molecule has 0 radical (unpaired) electrons. The van der Waals surface area contributed by atoms with Gasteiger partial charge in [-0.05, 0) is 43.9 Å². The van der Waals surface area contributed by atoms with Gasteiger partial charge in [0.1, 0.15) is 0 Å². The molecular formula is C18H32O4-2. The Balaban J connectivity index is 5.23. The highest BCUT2D eigenvalue weighted by Crippen LogP contribution is 2.41. The molecule has 0 aliphatic heterocycles. The number of aliphatic carboxylic acids is 2. The van der Waals surface area contributed by atoms with E-state index in [-0.39, 0.29) is 6.42 Å². The molecule has 0 saturated heterocycles. The standard InChI is InChI=1S/C18H34O4/c1-5-14(6-2)12-18(17(21)22,11-9-10-16(19)20)13-15(7-3)8-4/h14-15H,5-13H2,1-4H3,(H,19,20)(H,21,22)/p-2. The van der Waals surface area contributed by atoms with Crippen molar-refractivity contribution in [3.8, 4) is 0 Å². The Morgan fingerprint density at radius 2 is 1.27 bits per heavy atom. The summed E-state index contributed by atoms with van der Waals surface area (Å²) in [5, 5.41) is 22.6. The second kappa shape index (κ2) is 10.6. The Hall–Kier alpha value is -1.06. The topological polar surface area (TPSA) is 80.3 Å². The van der Waals surface area contributed by atoms with Crippen LogP contribution in [0.25, 0.3) is 0 Å². The molecule has 0 aliphatic rings. The van der Waals surface area contributed by atoms with Crippen LogP contribution in [0.5, 0.6) is 0 Å². The number of carbonyl (C=O) groups is 2. The van der Waals surface area contributed by atoms with Gasteiger partial charge >= 0.3 is 0 Å². The van der Waals surface area contributed by atoms with E-state index in [1.165, 1.54) is 0 Å². The second-order valence-corrected chi connectivity index (χ2v) is 6.57. The average Bonchev–Trinajstić information content (AvgIpc) is 2.48. The minimum absolute atomic E-state index is 0.0825. The SMILES string of the molecule is CCC(CC)CC(CCCC(=O)[O-])(CC(CC)CC)C(=O)[O-]. The van der Waals surface area contributed by atoms with Crippen LogP contribution in [0.4, 0.5) is 0 Å². The molecule has 22 heavy (non-hydrogen) atoms. The molecule has 0 aromatic heterocycles. The van der Waals surface area contributed by atoms with Crippen molar-refractivity contribution in [3.05, 3.63) is 0 Å². The third kappa shape index (κ3) is 6.80. The molecule has 0 atom stereocenters. The third-order valence-electron chi connectivity index (χ3n) is 5.14. The van der Waals surface area contributed by atoms with Gasteiger partial charge in [0.15, 0.2) is 0 Å².